The zero-order valence-corrected chi connectivity index (χ0v) is 11.5. The van der Waals surface area contributed by atoms with Gasteiger partial charge in [0.2, 0.25) is 5.91 Å². The Kier molecular flexibility index (Phi) is 3.22. The lowest BCUT2D eigenvalue weighted by molar-refractivity contribution is -0.155. The van der Waals surface area contributed by atoms with Crippen LogP contribution in [-0.4, -0.2) is 39.8 Å². The average Bonchev–Trinajstić information content (AvgIpc) is 2.80. The highest BCUT2D eigenvalue weighted by Crippen LogP contribution is 2.27. The molecule has 0 bridgehead atoms. The standard InChI is InChI=1S/C15H18N2O3/c1-2-7-15(19)9-17(10-15)14(18)8-12-11-5-3-4-6-13(11)20-16-12/h3-6,19H,2,7-10H2,1H3. The summed E-state index contributed by atoms with van der Waals surface area (Å²) >= 11 is 0. The lowest BCUT2D eigenvalue weighted by atomic mass is 9.89. The predicted molar refractivity (Wildman–Crippen MR) is 74.2 cm³/mol. The van der Waals surface area contributed by atoms with E-state index in [0.29, 0.717) is 24.4 Å². The van der Waals surface area contributed by atoms with E-state index in [9.17, 15) is 9.90 Å². The molecule has 1 aliphatic rings. The summed E-state index contributed by atoms with van der Waals surface area (Å²) in [5.74, 6) is -0.00942. The minimum atomic E-state index is -0.684. The lowest BCUT2D eigenvalue weighted by Gasteiger charge is -2.46. The van der Waals surface area contributed by atoms with Gasteiger partial charge in [0.05, 0.1) is 25.1 Å². The van der Waals surface area contributed by atoms with E-state index in [4.69, 9.17) is 4.52 Å². The number of carbonyl (C=O) groups is 1. The predicted octanol–water partition coefficient (Wildman–Crippen LogP) is 1.74. The van der Waals surface area contributed by atoms with Crippen molar-refractivity contribution in [2.45, 2.75) is 31.8 Å². The van der Waals surface area contributed by atoms with Gasteiger partial charge in [-0.1, -0.05) is 30.6 Å². The molecule has 1 aromatic carbocycles. The maximum absolute atomic E-state index is 12.2. The molecule has 5 nitrogen and oxygen atoms in total. The fraction of sp³-hybridized carbons (Fsp3) is 0.467. The first-order chi connectivity index (χ1) is 9.61. The zero-order chi connectivity index (χ0) is 14.2. The number of aromatic nitrogens is 1. The first-order valence-corrected chi connectivity index (χ1v) is 6.95. The Morgan fingerprint density at radius 1 is 1.45 bits per heavy atom. The molecular weight excluding hydrogens is 256 g/mol. The van der Waals surface area contributed by atoms with Gasteiger partial charge >= 0.3 is 0 Å². The van der Waals surface area contributed by atoms with Gasteiger partial charge in [-0.05, 0) is 18.6 Å². The van der Waals surface area contributed by atoms with Crippen LogP contribution >= 0.6 is 0 Å². The summed E-state index contributed by atoms with van der Waals surface area (Å²) < 4.78 is 5.19. The van der Waals surface area contributed by atoms with Crippen molar-refractivity contribution in [2.75, 3.05) is 13.1 Å². The highest BCUT2D eigenvalue weighted by Gasteiger charge is 2.42. The van der Waals surface area contributed by atoms with Crippen molar-refractivity contribution in [3.63, 3.8) is 0 Å². The van der Waals surface area contributed by atoms with Gasteiger partial charge in [-0.25, -0.2) is 0 Å². The van der Waals surface area contributed by atoms with E-state index >= 15 is 0 Å². The van der Waals surface area contributed by atoms with Crippen molar-refractivity contribution < 1.29 is 14.4 Å². The Morgan fingerprint density at radius 2 is 2.20 bits per heavy atom. The highest BCUT2D eigenvalue weighted by molar-refractivity contribution is 5.86. The number of rotatable bonds is 4. The van der Waals surface area contributed by atoms with Crippen LogP contribution in [0.25, 0.3) is 11.0 Å². The van der Waals surface area contributed by atoms with Gasteiger partial charge in [0, 0.05) is 5.39 Å². The lowest BCUT2D eigenvalue weighted by Crippen LogP contribution is -2.63. The number of likely N-dealkylation sites (tertiary alicyclic amines) is 1. The van der Waals surface area contributed by atoms with E-state index in [0.717, 1.165) is 18.2 Å². The second-order valence-electron chi connectivity index (χ2n) is 5.53. The molecule has 1 N–H and O–H groups in total. The molecule has 2 aromatic rings. The Hall–Kier alpha value is -1.88. The SMILES string of the molecule is CCCC1(O)CN(C(=O)Cc2noc3ccccc23)C1. The highest BCUT2D eigenvalue weighted by atomic mass is 16.5. The molecule has 0 atom stereocenters. The van der Waals surface area contributed by atoms with Crippen LogP contribution in [0.2, 0.25) is 0 Å². The van der Waals surface area contributed by atoms with Crippen LogP contribution in [0.5, 0.6) is 0 Å². The summed E-state index contributed by atoms with van der Waals surface area (Å²) in [5, 5.41) is 14.9. The Morgan fingerprint density at radius 3 is 2.95 bits per heavy atom. The van der Waals surface area contributed by atoms with Crippen molar-refractivity contribution in [1.29, 1.82) is 0 Å². The molecule has 1 saturated heterocycles. The minimum absolute atomic E-state index is 0.00942. The quantitative estimate of drug-likeness (QED) is 0.922. The molecule has 106 valence electrons. The summed E-state index contributed by atoms with van der Waals surface area (Å²) in [7, 11) is 0. The topological polar surface area (TPSA) is 66.6 Å². The van der Waals surface area contributed by atoms with Crippen LogP contribution in [0.15, 0.2) is 28.8 Å². The summed E-state index contributed by atoms with van der Waals surface area (Å²) in [5.41, 5.74) is 0.675. The van der Waals surface area contributed by atoms with Gasteiger partial charge in [-0.3, -0.25) is 4.79 Å². The van der Waals surface area contributed by atoms with Gasteiger partial charge in [0.1, 0.15) is 5.69 Å². The van der Waals surface area contributed by atoms with Crippen LogP contribution in [0.4, 0.5) is 0 Å². The maximum Gasteiger partial charge on any atom is 0.228 e. The third-order valence-electron chi connectivity index (χ3n) is 3.81. The smallest absolute Gasteiger partial charge is 0.228 e. The second kappa shape index (κ2) is 4.90. The zero-order valence-electron chi connectivity index (χ0n) is 11.5. The molecule has 1 fully saturated rings. The van der Waals surface area contributed by atoms with Gasteiger partial charge in [0.15, 0.2) is 5.58 Å². The molecule has 1 aromatic heterocycles. The number of hydrogen-bond acceptors (Lipinski definition) is 4. The number of para-hydroxylation sites is 1. The average molecular weight is 274 g/mol. The Bertz CT molecular complexity index is 629. The monoisotopic (exact) mass is 274 g/mol. The molecule has 3 rings (SSSR count). The molecule has 2 heterocycles. The fourth-order valence-electron chi connectivity index (χ4n) is 2.78. The molecular formula is C15H18N2O3. The van der Waals surface area contributed by atoms with Crippen LogP contribution in [0.3, 0.4) is 0 Å². The van der Waals surface area contributed by atoms with E-state index in [1.165, 1.54) is 0 Å². The number of β-amino-alcohol motifs (C(OH)–C–C–N with tert-alkyl or cyclic N) is 1. The van der Waals surface area contributed by atoms with E-state index in [1.807, 2.05) is 31.2 Å². The molecule has 20 heavy (non-hydrogen) atoms. The third kappa shape index (κ3) is 2.29. The third-order valence-corrected chi connectivity index (χ3v) is 3.81. The minimum Gasteiger partial charge on any atom is -0.386 e. The summed E-state index contributed by atoms with van der Waals surface area (Å²) in [4.78, 5) is 13.8. The number of benzene rings is 1. The number of nitrogens with zero attached hydrogens (tertiary/aromatic N) is 2. The molecule has 0 aliphatic carbocycles. The summed E-state index contributed by atoms with van der Waals surface area (Å²) in [6, 6.07) is 7.51. The number of carbonyl (C=O) groups excluding carboxylic acids is 1. The van der Waals surface area contributed by atoms with E-state index in [1.54, 1.807) is 4.90 Å². The van der Waals surface area contributed by atoms with Crippen molar-refractivity contribution in [2.24, 2.45) is 0 Å². The van der Waals surface area contributed by atoms with E-state index < -0.39 is 5.60 Å². The number of amides is 1. The van der Waals surface area contributed by atoms with Crippen molar-refractivity contribution in [3.05, 3.63) is 30.0 Å². The summed E-state index contributed by atoms with van der Waals surface area (Å²) in [6.07, 6.45) is 1.88. The number of hydrogen-bond donors (Lipinski definition) is 1. The van der Waals surface area contributed by atoms with Crippen molar-refractivity contribution in [3.8, 4) is 0 Å². The number of fused-ring (bicyclic) bond motifs is 1. The van der Waals surface area contributed by atoms with Crippen LogP contribution in [0, 0.1) is 0 Å². The fourth-order valence-corrected chi connectivity index (χ4v) is 2.78. The molecule has 1 amide bonds. The molecule has 0 radical (unpaired) electrons. The van der Waals surface area contributed by atoms with Gasteiger partial charge in [0.25, 0.3) is 0 Å². The molecule has 0 spiro atoms. The van der Waals surface area contributed by atoms with Crippen molar-refractivity contribution in [1.82, 2.24) is 10.1 Å². The largest absolute Gasteiger partial charge is 0.386 e. The van der Waals surface area contributed by atoms with Gasteiger partial charge < -0.3 is 14.5 Å². The van der Waals surface area contributed by atoms with E-state index in [2.05, 4.69) is 5.16 Å². The van der Waals surface area contributed by atoms with Crippen molar-refractivity contribution >= 4 is 16.9 Å². The first-order valence-electron chi connectivity index (χ1n) is 6.95. The van der Waals surface area contributed by atoms with Gasteiger partial charge in [-0.2, -0.15) is 0 Å². The summed E-state index contributed by atoms with van der Waals surface area (Å²) in [6.45, 7) is 2.88. The molecule has 0 saturated carbocycles. The normalized spacial score (nSPS) is 17.2. The van der Waals surface area contributed by atoms with Crippen LogP contribution in [-0.2, 0) is 11.2 Å². The molecule has 5 heteroatoms. The molecule has 1 aliphatic heterocycles. The first kappa shape index (κ1) is 13.1. The molecule has 0 unspecified atom stereocenters. The number of aliphatic hydroxyl groups is 1. The second-order valence-corrected chi connectivity index (χ2v) is 5.53. The maximum atomic E-state index is 12.2. The Labute approximate surface area is 117 Å². The van der Waals surface area contributed by atoms with Crippen LogP contribution in [0.1, 0.15) is 25.5 Å². The Balaban J connectivity index is 1.66. The van der Waals surface area contributed by atoms with Crippen LogP contribution < -0.4 is 0 Å². The van der Waals surface area contributed by atoms with E-state index in [-0.39, 0.29) is 12.3 Å². The van der Waals surface area contributed by atoms with Gasteiger partial charge in [-0.15, -0.1) is 0 Å².